The predicted molar refractivity (Wildman–Crippen MR) is 110 cm³/mol. The summed E-state index contributed by atoms with van der Waals surface area (Å²) in [6, 6.07) is 3.26. The molecule has 19 heavy (non-hydrogen) atoms. The molecule has 0 amide bonds. The van der Waals surface area contributed by atoms with Crippen molar-refractivity contribution in [3.63, 3.8) is 0 Å². The van der Waals surface area contributed by atoms with Crippen LogP contribution in [-0.4, -0.2) is 16.1 Å². The Morgan fingerprint density at radius 1 is 1.11 bits per heavy atom. The number of carboxylic acids is 1. The molecule has 3 nitrogen and oxygen atoms in total. The number of carbonyl (C=O) groups is 1. The first-order chi connectivity index (χ1) is 8.66. The Kier molecular flexibility index (Phi) is 11.9. The maximum absolute atomic E-state index is 10.5. The van der Waals surface area contributed by atoms with E-state index >= 15 is 0 Å². The highest BCUT2D eigenvalue weighted by atomic mass is 33.1. The quantitative estimate of drug-likeness (QED) is 0.661. The zero-order valence-corrected chi connectivity index (χ0v) is 19.1. The van der Waals surface area contributed by atoms with Gasteiger partial charge in [0.2, 0.25) is 0 Å². The van der Waals surface area contributed by atoms with Crippen LogP contribution < -0.4 is 0 Å². The van der Waals surface area contributed by atoms with Crippen molar-refractivity contribution in [2.24, 2.45) is 0 Å². The van der Waals surface area contributed by atoms with Crippen molar-refractivity contribution >= 4 is 71.6 Å². The fourth-order valence-corrected chi connectivity index (χ4v) is 29.9. The summed E-state index contributed by atoms with van der Waals surface area (Å²) in [6.45, 7) is 4.02. The molecular formula is C8H19NO2P8. The van der Waals surface area contributed by atoms with Gasteiger partial charge in [-0.2, -0.15) is 0 Å². The largest absolute Gasteiger partial charge is 0.478 e. The van der Waals surface area contributed by atoms with Gasteiger partial charge in [-0.05, 0) is 46.9 Å². The van der Waals surface area contributed by atoms with Crippen LogP contribution in [0.25, 0.3) is 0 Å². The topological polar surface area (TPSA) is 50.2 Å². The second kappa shape index (κ2) is 10.7. The van der Waals surface area contributed by atoms with Gasteiger partial charge in [-0.3, -0.25) is 4.98 Å². The maximum Gasteiger partial charge on any atom is 0.337 e. The number of pyridine rings is 1. The SMILES string of the molecule is Cc1ccc(C(=O)O)c(C)n1.PP(P)P(P)P(P)P. The molecule has 0 aliphatic rings. The molecule has 0 radical (unpaired) electrons. The Morgan fingerprint density at radius 2 is 1.58 bits per heavy atom. The van der Waals surface area contributed by atoms with Gasteiger partial charge in [-0.25, -0.2) is 4.79 Å². The summed E-state index contributed by atoms with van der Waals surface area (Å²) in [5.41, 5.74) is 1.68. The molecule has 1 rings (SSSR count). The lowest BCUT2D eigenvalue weighted by Gasteiger charge is -2.18. The molecule has 0 aromatic carbocycles. The van der Waals surface area contributed by atoms with E-state index < -0.39 is 5.97 Å². The van der Waals surface area contributed by atoms with Gasteiger partial charge in [-0.1, -0.05) is 0 Å². The van der Waals surface area contributed by atoms with Gasteiger partial charge in [0.05, 0.1) is 11.3 Å². The summed E-state index contributed by atoms with van der Waals surface area (Å²) in [5.74, 6) is -0.921. The van der Waals surface area contributed by atoms with Crippen LogP contribution in [-0.2, 0) is 0 Å². The van der Waals surface area contributed by atoms with Gasteiger partial charge in [-0.15, -0.1) is 44.6 Å². The standard InChI is InChI=1S/C8H9NO2.H10P8/c1-5-3-4-7(8(10)11)6(2)9-5;1-6(2)8(5)7(3)4/h3-4H,1-2H3,(H,10,11);1-5H2. The van der Waals surface area contributed by atoms with Crippen molar-refractivity contribution in [1.29, 1.82) is 0 Å². The Labute approximate surface area is 129 Å². The molecule has 1 heterocycles. The van der Waals surface area contributed by atoms with Crippen molar-refractivity contribution in [1.82, 2.24) is 4.98 Å². The molecule has 0 aliphatic carbocycles. The number of carboxylic acid groups (broad SMARTS) is 1. The molecule has 1 aromatic heterocycles. The van der Waals surface area contributed by atoms with E-state index in [-0.39, 0.29) is 26.5 Å². The lowest BCUT2D eigenvalue weighted by molar-refractivity contribution is 0.0695. The highest BCUT2D eigenvalue weighted by Gasteiger charge is 2.09. The second-order valence-corrected chi connectivity index (χ2v) is 31.6. The number of hydrogen-bond donors (Lipinski definition) is 1. The third-order valence-electron chi connectivity index (χ3n) is 1.93. The van der Waals surface area contributed by atoms with Gasteiger partial charge >= 0.3 is 5.97 Å². The first-order valence-corrected chi connectivity index (χ1v) is 18.5. The van der Waals surface area contributed by atoms with Gasteiger partial charge < -0.3 is 5.11 Å². The van der Waals surface area contributed by atoms with Crippen LogP contribution in [0.1, 0.15) is 21.7 Å². The van der Waals surface area contributed by atoms with Crippen molar-refractivity contribution in [3.8, 4) is 0 Å². The number of rotatable bonds is 3. The summed E-state index contributed by atoms with van der Waals surface area (Å²) in [7, 11) is 14.4. The van der Waals surface area contributed by atoms with Crippen molar-refractivity contribution in [2.75, 3.05) is 0 Å². The van der Waals surface area contributed by atoms with Gasteiger partial charge in [0, 0.05) is 5.69 Å². The van der Waals surface area contributed by atoms with Gasteiger partial charge in [0.1, 0.15) is 0 Å². The number of hydrogen-bond acceptors (Lipinski definition) is 2. The maximum atomic E-state index is 10.5. The molecule has 0 aliphatic heterocycles. The molecular weight excluding hydrogens is 390 g/mol. The van der Waals surface area contributed by atoms with E-state index in [0.29, 0.717) is 5.69 Å². The Morgan fingerprint density at radius 3 is 1.84 bits per heavy atom. The summed E-state index contributed by atoms with van der Waals surface area (Å²) >= 11 is 0. The zero-order valence-electron chi connectivity index (χ0n) is 10.7. The fourth-order valence-electron chi connectivity index (χ4n) is 1.03. The van der Waals surface area contributed by atoms with Crippen LogP contribution in [0.15, 0.2) is 12.1 Å². The third-order valence-corrected chi connectivity index (χ3v) is 39.8. The predicted octanol–water partition coefficient (Wildman–Crippen LogP) is 5.61. The van der Waals surface area contributed by atoms with Crippen molar-refractivity contribution in [3.05, 3.63) is 29.1 Å². The summed E-state index contributed by atoms with van der Waals surface area (Å²) in [4.78, 5) is 14.5. The van der Waals surface area contributed by atoms with E-state index in [4.69, 9.17) is 5.11 Å². The highest BCUT2D eigenvalue weighted by molar-refractivity contribution is 9.06. The van der Waals surface area contributed by atoms with Crippen LogP contribution in [0.2, 0.25) is 0 Å². The molecule has 5 atom stereocenters. The van der Waals surface area contributed by atoms with E-state index in [1.165, 1.54) is 0 Å². The second-order valence-electron chi connectivity index (χ2n) is 3.47. The van der Waals surface area contributed by atoms with E-state index in [2.05, 4.69) is 49.6 Å². The minimum absolute atomic E-state index is 0.147. The lowest BCUT2D eigenvalue weighted by atomic mass is 10.2. The van der Waals surface area contributed by atoms with Gasteiger partial charge in [0.15, 0.2) is 0 Å². The van der Waals surface area contributed by atoms with Crippen molar-refractivity contribution < 1.29 is 9.90 Å². The molecule has 0 saturated heterocycles. The fraction of sp³-hybridized carbons (Fsp3) is 0.250. The van der Waals surface area contributed by atoms with E-state index in [1.807, 2.05) is 6.92 Å². The summed E-state index contributed by atoms with van der Waals surface area (Å²) < 4.78 is 0. The Bertz CT molecular complexity index is 419. The number of aromatic carboxylic acids is 1. The lowest BCUT2D eigenvalue weighted by Crippen LogP contribution is -2.01. The molecule has 5 unspecified atom stereocenters. The molecule has 1 N–H and O–H groups in total. The first-order valence-electron chi connectivity index (χ1n) is 4.98. The summed E-state index contributed by atoms with van der Waals surface area (Å²) in [5, 5.41) is 8.62. The summed E-state index contributed by atoms with van der Waals surface area (Å²) in [6.07, 6.45) is 0. The minimum Gasteiger partial charge on any atom is -0.478 e. The van der Waals surface area contributed by atoms with E-state index in [9.17, 15) is 4.79 Å². The smallest absolute Gasteiger partial charge is 0.337 e. The number of aromatic nitrogens is 1. The third kappa shape index (κ3) is 8.94. The van der Waals surface area contributed by atoms with Crippen LogP contribution in [0.5, 0.6) is 0 Å². The molecule has 1 aromatic rings. The highest BCUT2D eigenvalue weighted by Crippen LogP contribution is 3.00. The average molecular weight is 409 g/mol. The van der Waals surface area contributed by atoms with Crippen molar-refractivity contribution in [2.45, 2.75) is 13.8 Å². The monoisotopic (exact) mass is 409 g/mol. The van der Waals surface area contributed by atoms with E-state index in [1.54, 1.807) is 19.1 Å². The average Bonchev–Trinajstić information content (AvgIpc) is 2.27. The Hall–Kier alpha value is 2.06. The van der Waals surface area contributed by atoms with Crippen LogP contribution in [0, 0.1) is 13.8 Å². The number of nitrogens with zero attached hydrogens (tertiary/aromatic N) is 1. The molecule has 0 saturated carbocycles. The van der Waals surface area contributed by atoms with Crippen LogP contribution in [0.3, 0.4) is 0 Å². The van der Waals surface area contributed by atoms with Gasteiger partial charge in [0.25, 0.3) is 0 Å². The molecule has 0 spiro atoms. The number of aryl methyl sites for hydroxylation is 2. The molecule has 108 valence electrons. The van der Waals surface area contributed by atoms with Crippen LogP contribution >= 0.6 is 65.6 Å². The Balaban J connectivity index is 0.000000362. The zero-order chi connectivity index (χ0) is 15.2. The normalized spacial score (nSPS) is 10.6. The van der Waals surface area contributed by atoms with E-state index in [0.717, 1.165) is 5.69 Å². The first kappa shape index (κ1) is 21.1. The van der Waals surface area contributed by atoms with Crippen LogP contribution in [0.4, 0.5) is 0 Å². The molecule has 11 heteroatoms. The molecule has 0 fully saturated rings. The molecule has 0 bridgehead atoms. The minimum atomic E-state index is -0.921.